The van der Waals surface area contributed by atoms with E-state index in [0.717, 1.165) is 48.5 Å². The van der Waals surface area contributed by atoms with Crippen molar-refractivity contribution in [3.8, 4) is 0 Å². The van der Waals surface area contributed by atoms with Gasteiger partial charge in [0.15, 0.2) is 0 Å². The van der Waals surface area contributed by atoms with Gasteiger partial charge in [-0.2, -0.15) is 5.10 Å². The van der Waals surface area contributed by atoms with Crippen LogP contribution in [0.4, 0.5) is 5.69 Å². The highest BCUT2D eigenvalue weighted by Gasteiger charge is 2.25. The second-order valence-electron chi connectivity index (χ2n) is 7.69. The molecule has 3 aromatic rings. The summed E-state index contributed by atoms with van der Waals surface area (Å²) in [6.07, 6.45) is 5.50. The number of aliphatic hydroxyl groups excluding tert-OH is 1. The number of aliphatic hydroxyl groups is 1. The SMILES string of the molecule is O=C(c1ccccc1CSc1ccccc1)N1CCC(Nc2cnn(CCO)c2)CC1. The molecule has 0 atom stereocenters. The summed E-state index contributed by atoms with van der Waals surface area (Å²) in [5.74, 6) is 0.903. The zero-order valence-electron chi connectivity index (χ0n) is 17.5. The van der Waals surface area contributed by atoms with Gasteiger partial charge in [0, 0.05) is 41.5 Å². The summed E-state index contributed by atoms with van der Waals surface area (Å²) in [5, 5.41) is 16.8. The zero-order chi connectivity index (χ0) is 21.5. The highest BCUT2D eigenvalue weighted by molar-refractivity contribution is 7.98. The molecule has 2 N–H and O–H groups in total. The van der Waals surface area contributed by atoms with E-state index in [0.29, 0.717) is 12.6 Å². The van der Waals surface area contributed by atoms with Gasteiger partial charge in [0.2, 0.25) is 0 Å². The van der Waals surface area contributed by atoms with E-state index in [1.54, 1.807) is 22.6 Å². The lowest BCUT2D eigenvalue weighted by Gasteiger charge is -2.33. The highest BCUT2D eigenvalue weighted by atomic mass is 32.2. The highest BCUT2D eigenvalue weighted by Crippen LogP contribution is 2.26. The van der Waals surface area contributed by atoms with Crippen LogP contribution in [0.1, 0.15) is 28.8 Å². The Labute approximate surface area is 187 Å². The minimum Gasteiger partial charge on any atom is -0.394 e. The number of benzene rings is 2. The Morgan fingerprint density at radius 3 is 2.61 bits per heavy atom. The number of hydrogen-bond acceptors (Lipinski definition) is 5. The molecule has 6 nitrogen and oxygen atoms in total. The van der Waals surface area contributed by atoms with Crippen molar-refractivity contribution in [2.45, 2.75) is 36.1 Å². The number of carbonyl (C=O) groups is 1. The molecule has 4 rings (SSSR count). The van der Waals surface area contributed by atoms with Gasteiger partial charge in [-0.05, 0) is 36.6 Å². The molecule has 1 fully saturated rings. The summed E-state index contributed by atoms with van der Waals surface area (Å²) < 4.78 is 1.73. The van der Waals surface area contributed by atoms with Crippen molar-refractivity contribution >= 4 is 23.4 Å². The van der Waals surface area contributed by atoms with Crippen molar-refractivity contribution in [1.82, 2.24) is 14.7 Å². The quantitative estimate of drug-likeness (QED) is 0.525. The number of nitrogens with one attached hydrogen (secondary N) is 1. The summed E-state index contributed by atoms with van der Waals surface area (Å²) in [7, 11) is 0. The van der Waals surface area contributed by atoms with Gasteiger partial charge in [0.05, 0.1) is 25.0 Å². The minimum absolute atomic E-state index is 0.0763. The molecule has 2 heterocycles. The molecular weight excluding hydrogens is 408 g/mol. The van der Waals surface area contributed by atoms with E-state index < -0.39 is 0 Å². The summed E-state index contributed by atoms with van der Waals surface area (Å²) in [4.78, 5) is 16.4. The number of carbonyl (C=O) groups excluding carboxylic acids is 1. The fraction of sp³-hybridized carbons (Fsp3) is 0.333. The number of nitrogens with zero attached hydrogens (tertiary/aromatic N) is 3. The zero-order valence-corrected chi connectivity index (χ0v) is 18.3. The first-order valence-corrected chi connectivity index (χ1v) is 11.7. The monoisotopic (exact) mass is 436 g/mol. The summed E-state index contributed by atoms with van der Waals surface area (Å²) in [5.41, 5.74) is 2.85. The molecule has 1 aliphatic heterocycles. The molecule has 0 aliphatic carbocycles. The number of piperidine rings is 1. The summed E-state index contributed by atoms with van der Waals surface area (Å²) >= 11 is 1.75. The van der Waals surface area contributed by atoms with Gasteiger partial charge in [0.1, 0.15) is 0 Å². The third-order valence-corrected chi connectivity index (χ3v) is 6.56. The van der Waals surface area contributed by atoms with Crippen LogP contribution >= 0.6 is 11.8 Å². The fourth-order valence-corrected chi connectivity index (χ4v) is 4.75. The van der Waals surface area contributed by atoms with E-state index in [9.17, 15) is 4.79 Å². The number of hydrogen-bond donors (Lipinski definition) is 2. The number of anilines is 1. The van der Waals surface area contributed by atoms with E-state index in [-0.39, 0.29) is 12.5 Å². The van der Waals surface area contributed by atoms with Crippen molar-refractivity contribution in [3.05, 3.63) is 78.1 Å². The Balaban J connectivity index is 1.33. The van der Waals surface area contributed by atoms with Crippen LogP contribution in [0.25, 0.3) is 0 Å². The Kier molecular flexibility index (Phi) is 7.27. The summed E-state index contributed by atoms with van der Waals surface area (Å²) in [6, 6.07) is 18.6. The molecule has 0 bridgehead atoms. The average molecular weight is 437 g/mol. The smallest absolute Gasteiger partial charge is 0.254 e. The Morgan fingerprint density at radius 2 is 1.84 bits per heavy atom. The van der Waals surface area contributed by atoms with Gasteiger partial charge in [-0.15, -0.1) is 11.8 Å². The number of thioether (sulfide) groups is 1. The standard InChI is InChI=1S/C24H28N4O2S/c29-15-14-28-17-21(16-25-28)26-20-10-12-27(13-11-20)24(30)23-9-5-4-6-19(23)18-31-22-7-2-1-3-8-22/h1-9,16-17,20,26,29H,10-15,18H2. The van der Waals surface area contributed by atoms with Gasteiger partial charge >= 0.3 is 0 Å². The Morgan fingerprint density at radius 1 is 1.10 bits per heavy atom. The molecule has 0 saturated carbocycles. The van der Waals surface area contributed by atoms with Crippen LogP contribution in [0.5, 0.6) is 0 Å². The third kappa shape index (κ3) is 5.68. The largest absolute Gasteiger partial charge is 0.394 e. The molecule has 1 aliphatic rings. The van der Waals surface area contributed by atoms with Crippen molar-refractivity contribution in [2.75, 3.05) is 25.0 Å². The second-order valence-corrected chi connectivity index (χ2v) is 8.73. The molecule has 31 heavy (non-hydrogen) atoms. The normalized spacial score (nSPS) is 14.5. The lowest BCUT2D eigenvalue weighted by atomic mass is 10.0. The molecular formula is C24H28N4O2S. The molecule has 0 spiro atoms. The van der Waals surface area contributed by atoms with E-state index in [1.807, 2.05) is 47.5 Å². The predicted molar refractivity (Wildman–Crippen MR) is 124 cm³/mol. The topological polar surface area (TPSA) is 70.4 Å². The molecule has 0 radical (unpaired) electrons. The van der Waals surface area contributed by atoms with E-state index in [4.69, 9.17) is 5.11 Å². The number of likely N-dealkylation sites (tertiary alicyclic amines) is 1. The number of amides is 1. The molecule has 1 aromatic heterocycles. The van der Waals surface area contributed by atoms with Crippen LogP contribution in [0.2, 0.25) is 0 Å². The fourth-order valence-electron chi connectivity index (χ4n) is 3.83. The molecule has 2 aromatic carbocycles. The van der Waals surface area contributed by atoms with Crippen LogP contribution in [0, 0.1) is 0 Å². The van der Waals surface area contributed by atoms with Gasteiger partial charge < -0.3 is 15.3 Å². The maximum absolute atomic E-state index is 13.2. The van der Waals surface area contributed by atoms with Gasteiger partial charge in [-0.3, -0.25) is 9.48 Å². The van der Waals surface area contributed by atoms with Crippen LogP contribution in [-0.4, -0.2) is 51.4 Å². The Bertz CT molecular complexity index is 984. The Hall–Kier alpha value is -2.77. The van der Waals surface area contributed by atoms with Gasteiger partial charge in [0.25, 0.3) is 5.91 Å². The third-order valence-electron chi connectivity index (χ3n) is 5.50. The van der Waals surface area contributed by atoms with Crippen molar-refractivity contribution < 1.29 is 9.90 Å². The van der Waals surface area contributed by atoms with E-state index in [2.05, 4.69) is 28.6 Å². The van der Waals surface area contributed by atoms with Crippen molar-refractivity contribution in [2.24, 2.45) is 0 Å². The van der Waals surface area contributed by atoms with E-state index >= 15 is 0 Å². The minimum atomic E-state index is 0.0763. The van der Waals surface area contributed by atoms with Crippen molar-refractivity contribution in [1.29, 1.82) is 0 Å². The van der Waals surface area contributed by atoms with Crippen LogP contribution in [0.3, 0.4) is 0 Å². The first-order chi connectivity index (χ1) is 15.2. The first-order valence-electron chi connectivity index (χ1n) is 10.7. The van der Waals surface area contributed by atoms with Gasteiger partial charge in [-0.25, -0.2) is 0 Å². The van der Waals surface area contributed by atoms with Crippen molar-refractivity contribution in [3.63, 3.8) is 0 Å². The number of aromatic nitrogens is 2. The maximum atomic E-state index is 13.2. The molecule has 7 heteroatoms. The average Bonchev–Trinajstić information content (AvgIpc) is 3.26. The first kappa shape index (κ1) is 21.5. The molecule has 1 saturated heterocycles. The van der Waals surface area contributed by atoms with Crippen LogP contribution < -0.4 is 5.32 Å². The molecule has 0 unspecified atom stereocenters. The predicted octanol–water partition coefficient (Wildman–Crippen LogP) is 3.88. The lowest BCUT2D eigenvalue weighted by molar-refractivity contribution is 0.0717. The second kappa shape index (κ2) is 10.5. The van der Waals surface area contributed by atoms with Crippen LogP contribution in [-0.2, 0) is 12.3 Å². The van der Waals surface area contributed by atoms with Crippen LogP contribution in [0.15, 0.2) is 71.9 Å². The molecule has 162 valence electrons. The van der Waals surface area contributed by atoms with E-state index in [1.165, 1.54) is 4.90 Å². The maximum Gasteiger partial charge on any atom is 0.254 e. The molecule has 1 amide bonds. The number of rotatable bonds is 8. The van der Waals surface area contributed by atoms with Gasteiger partial charge in [-0.1, -0.05) is 36.4 Å². The lowest BCUT2D eigenvalue weighted by Crippen LogP contribution is -2.42. The summed E-state index contributed by atoms with van der Waals surface area (Å²) in [6.45, 7) is 2.05.